The number of carbonyl (C=O) groups is 1. The molecule has 0 aliphatic rings. The van der Waals surface area contributed by atoms with Crippen LogP contribution in [0.4, 0.5) is 0 Å². The third kappa shape index (κ3) is 3.43. The van der Waals surface area contributed by atoms with E-state index in [9.17, 15) is 4.79 Å². The van der Waals surface area contributed by atoms with Crippen LogP contribution >= 0.6 is 45.5 Å². The first-order valence-corrected chi connectivity index (χ1v) is 7.54. The Bertz CT molecular complexity index is 585. The average Bonchev–Trinajstić information content (AvgIpc) is 2.72. The Morgan fingerprint density at radius 3 is 2.94 bits per heavy atom. The maximum Gasteiger partial charge on any atom is 0.252 e. The molecule has 0 aliphatic carbocycles. The maximum absolute atomic E-state index is 12.0. The van der Waals surface area contributed by atoms with Crippen LogP contribution in [0.5, 0.6) is 0 Å². The van der Waals surface area contributed by atoms with Gasteiger partial charge in [-0.05, 0) is 47.7 Å². The third-order valence-electron chi connectivity index (χ3n) is 2.27. The highest BCUT2D eigenvalue weighted by Crippen LogP contribution is 2.18. The van der Waals surface area contributed by atoms with Crippen molar-refractivity contribution in [2.45, 2.75) is 13.5 Å². The Hall–Kier alpha value is -0.660. The average molecular weight is 393 g/mol. The van der Waals surface area contributed by atoms with E-state index in [1.807, 2.05) is 12.3 Å². The number of benzene rings is 1. The molecule has 1 heterocycles. The van der Waals surface area contributed by atoms with E-state index in [4.69, 9.17) is 11.6 Å². The van der Waals surface area contributed by atoms with Crippen LogP contribution in [0.1, 0.15) is 21.1 Å². The second-order valence-corrected chi connectivity index (χ2v) is 6.33. The van der Waals surface area contributed by atoms with E-state index in [2.05, 4.69) is 32.9 Å². The monoisotopic (exact) mass is 392 g/mol. The quantitative estimate of drug-likeness (QED) is 0.810. The SMILES string of the molecule is Cc1nc(CNC(=O)c2ccc(Cl)cc2I)cs1. The Morgan fingerprint density at radius 1 is 1.56 bits per heavy atom. The Labute approximate surface area is 128 Å². The lowest BCUT2D eigenvalue weighted by molar-refractivity contribution is 0.0949. The summed E-state index contributed by atoms with van der Waals surface area (Å²) in [6.07, 6.45) is 0. The highest BCUT2D eigenvalue weighted by molar-refractivity contribution is 14.1. The summed E-state index contributed by atoms with van der Waals surface area (Å²) >= 11 is 9.53. The van der Waals surface area contributed by atoms with Crippen molar-refractivity contribution in [1.29, 1.82) is 0 Å². The Kier molecular flexibility index (Phi) is 4.58. The lowest BCUT2D eigenvalue weighted by Crippen LogP contribution is -2.23. The molecule has 3 nitrogen and oxygen atoms in total. The van der Waals surface area contributed by atoms with Gasteiger partial charge in [0.15, 0.2) is 0 Å². The second-order valence-electron chi connectivity index (χ2n) is 3.66. The second kappa shape index (κ2) is 5.99. The van der Waals surface area contributed by atoms with Gasteiger partial charge in [-0.3, -0.25) is 4.79 Å². The summed E-state index contributed by atoms with van der Waals surface area (Å²) < 4.78 is 0.840. The van der Waals surface area contributed by atoms with E-state index >= 15 is 0 Å². The van der Waals surface area contributed by atoms with Crippen LogP contribution in [0.2, 0.25) is 5.02 Å². The van der Waals surface area contributed by atoms with Gasteiger partial charge in [-0.2, -0.15) is 0 Å². The largest absolute Gasteiger partial charge is 0.346 e. The summed E-state index contributed by atoms with van der Waals surface area (Å²) in [5, 5.41) is 6.42. The molecule has 0 radical (unpaired) electrons. The highest BCUT2D eigenvalue weighted by atomic mass is 127. The molecule has 2 aromatic rings. The van der Waals surface area contributed by atoms with Gasteiger partial charge in [0.25, 0.3) is 5.91 Å². The molecule has 0 unspecified atom stereocenters. The number of thiazole rings is 1. The number of hydrogen-bond donors (Lipinski definition) is 1. The van der Waals surface area contributed by atoms with Crippen LogP contribution in [0, 0.1) is 10.5 Å². The number of aryl methyl sites for hydroxylation is 1. The molecule has 0 saturated heterocycles. The van der Waals surface area contributed by atoms with Crippen LogP contribution in [-0.4, -0.2) is 10.9 Å². The normalized spacial score (nSPS) is 10.4. The van der Waals surface area contributed by atoms with Gasteiger partial charge in [0.1, 0.15) is 0 Å². The van der Waals surface area contributed by atoms with Crippen molar-refractivity contribution < 1.29 is 4.79 Å². The minimum Gasteiger partial charge on any atom is -0.346 e. The number of amides is 1. The van der Waals surface area contributed by atoms with Gasteiger partial charge in [-0.15, -0.1) is 11.3 Å². The van der Waals surface area contributed by atoms with E-state index in [1.165, 1.54) is 0 Å². The van der Waals surface area contributed by atoms with Gasteiger partial charge in [0.2, 0.25) is 0 Å². The first-order valence-electron chi connectivity index (χ1n) is 5.20. The fourth-order valence-electron chi connectivity index (χ4n) is 1.43. The summed E-state index contributed by atoms with van der Waals surface area (Å²) in [6.45, 7) is 2.39. The molecule has 94 valence electrons. The molecule has 1 aromatic carbocycles. The molecule has 6 heteroatoms. The summed E-state index contributed by atoms with van der Waals surface area (Å²) in [6, 6.07) is 5.21. The molecule has 1 aromatic heterocycles. The van der Waals surface area contributed by atoms with Crippen molar-refractivity contribution in [3.8, 4) is 0 Å². The van der Waals surface area contributed by atoms with E-state index in [0.717, 1.165) is 14.3 Å². The van der Waals surface area contributed by atoms with Gasteiger partial charge >= 0.3 is 0 Å². The number of halogens is 2. The summed E-state index contributed by atoms with van der Waals surface area (Å²) in [4.78, 5) is 16.3. The molecular weight excluding hydrogens is 383 g/mol. The molecule has 2 rings (SSSR count). The summed E-state index contributed by atoms with van der Waals surface area (Å²) in [5.74, 6) is -0.110. The molecule has 0 bridgehead atoms. The standard InChI is InChI=1S/C12H10ClIN2OS/c1-7-16-9(6-18-7)5-15-12(17)10-3-2-8(13)4-11(10)14/h2-4,6H,5H2,1H3,(H,15,17). The van der Waals surface area contributed by atoms with Crippen LogP contribution in [-0.2, 0) is 6.54 Å². The zero-order valence-corrected chi connectivity index (χ0v) is 13.3. The molecule has 0 fully saturated rings. The number of aromatic nitrogens is 1. The first-order chi connectivity index (χ1) is 8.56. The maximum atomic E-state index is 12.0. The van der Waals surface area contributed by atoms with Crippen molar-refractivity contribution in [2.75, 3.05) is 0 Å². The smallest absolute Gasteiger partial charge is 0.252 e. The van der Waals surface area contributed by atoms with E-state index < -0.39 is 0 Å². The topological polar surface area (TPSA) is 42.0 Å². The lowest BCUT2D eigenvalue weighted by atomic mass is 10.2. The van der Waals surface area contributed by atoms with Gasteiger partial charge in [-0.25, -0.2) is 4.98 Å². The van der Waals surface area contributed by atoms with Crippen molar-refractivity contribution >= 4 is 51.4 Å². The molecule has 0 spiro atoms. The molecule has 0 aliphatic heterocycles. The van der Waals surface area contributed by atoms with Gasteiger partial charge in [-0.1, -0.05) is 11.6 Å². The van der Waals surface area contributed by atoms with Gasteiger partial charge < -0.3 is 5.32 Å². The van der Waals surface area contributed by atoms with E-state index in [1.54, 1.807) is 29.5 Å². The number of rotatable bonds is 3. The van der Waals surface area contributed by atoms with Crippen LogP contribution in [0.25, 0.3) is 0 Å². The molecule has 1 N–H and O–H groups in total. The Balaban J connectivity index is 2.03. The fraction of sp³-hybridized carbons (Fsp3) is 0.167. The summed E-state index contributed by atoms with van der Waals surface area (Å²) in [5.41, 5.74) is 1.52. The number of hydrogen-bond acceptors (Lipinski definition) is 3. The predicted molar refractivity (Wildman–Crippen MR) is 82.2 cm³/mol. The minimum atomic E-state index is -0.110. The van der Waals surface area contributed by atoms with Gasteiger partial charge in [0, 0.05) is 14.0 Å². The zero-order chi connectivity index (χ0) is 13.1. The first kappa shape index (κ1) is 13.8. The zero-order valence-electron chi connectivity index (χ0n) is 9.54. The van der Waals surface area contributed by atoms with E-state index in [-0.39, 0.29) is 5.91 Å². The molecule has 0 saturated carbocycles. The molecule has 0 atom stereocenters. The number of nitrogens with one attached hydrogen (secondary N) is 1. The van der Waals surface area contributed by atoms with Crippen molar-refractivity contribution in [1.82, 2.24) is 10.3 Å². The van der Waals surface area contributed by atoms with E-state index in [0.29, 0.717) is 17.1 Å². The molecule has 1 amide bonds. The Morgan fingerprint density at radius 2 is 2.33 bits per heavy atom. The van der Waals surface area contributed by atoms with Gasteiger partial charge in [0.05, 0.1) is 22.8 Å². The molecular formula is C12H10ClIN2OS. The third-order valence-corrected chi connectivity index (χ3v) is 4.22. The number of nitrogens with zero attached hydrogens (tertiary/aromatic N) is 1. The van der Waals surface area contributed by atoms with Crippen LogP contribution in [0.3, 0.4) is 0 Å². The number of carbonyl (C=O) groups excluding carboxylic acids is 1. The van der Waals surface area contributed by atoms with Crippen molar-refractivity contribution in [3.05, 3.63) is 48.4 Å². The minimum absolute atomic E-state index is 0.110. The highest BCUT2D eigenvalue weighted by Gasteiger charge is 2.10. The van der Waals surface area contributed by atoms with Crippen molar-refractivity contribution in [3.63, 3.8) is 0 Å². The molecule has 18 heavy (non-hydrogen) atoms. The fourth-order valence-corrected chi connectivity index (χ4v) is 3.16. The summed E-state index contributed by atoms with van der Waals surface area (Å²) in [7, 11) is 0. The predicted octanol–water partition coefficient (Wildman–Crippen LogP) is 3.64. The van der Waals surface area contributed by atoms with Crippen LogP contribution in [0.15, 0.2) is 23.6 Å². The van der Waals surface area contributed by atoms with Crippen LogP contribution < -0.4 is 5.32 Å². The lowest BCUT2D eigenvalue weighted by Gasteiger charge is -2.05. The van der Waals surface area contributed by atoms with Crippen molar-refractivity contribution in [2.24, 2.45) is 0 Å².